The minimum absolute atomic E-state index is 0.142. The summed E-state index contributed by atoms with van der Waals surface area (Å²) in [5.41, 5.74) is 1.50. The zero-order valence-corrected chi connectivity index (χ0v) is 11.4. The second-order valence-electron chi connectivity index (χ2n) is 5.18. The molecule has 1 atom stereocenters. The van der Waals surface area contributed by atoms with Crippen LogP contribution in [0.4, 0.5) is 0 Å². The Balaban J connectivity index is 2.56. The molecule has 0 saturated carbocycles. The van der Waals surface area contributed by atoms with Gasteiger partial charge in [-0.3, -0.25) is 0 Å². The largest absolute Gasteiger partial charge is 0.508 e. The van der Waals surface area contributed by atoms with E-state index >= 15 is 0 Å². The summed E-state index contributed by atoms with van der Waals surface area (Å²) in [5, 5.41) is 33.3. The molecular weight excluding hydrogens is 252 g/mol. The van der Waals surface area contributed by atoms with E-state index in [9.17, 15) is 15.3 Å². The van der Waals surface area contributed by atoms with Crippen molar-refractivity contribution < 1.29 is 15.3 Å². The Morgan fingerprint density at radius 1 is 0.950 bits per heavy atom. The molecule has 102 valence electrons. The lowest BCUT2D eigenvalue weighted by Gasteiger charge is -2.14. The number of aromatic hydroxyl groups is 2. The van der Waals surface area contributed by atoms with Gasteiger partial charge in [-0.2, -0.15) is 0 Å². The first-order chi connectivity index (χ1) is 9.49. The smallest absolute Gasteiger partial charge is 0.119 e. The third-order valence-corrected chi connectivity index (χ3v) is 3.82. The van der Waals surface area contributed by atoms with Crippen molar-refractivity contribution in [3.8, 4) is 11.5 Å². The van der Waals surface area contributed by atoms with Gasteiger partial charge in [0.15, 0.2) is 0 Å². The number of fused-ring (bicyclic) bond motifs is 3. The molecule has 0 fully saturated rings. The number of hydrogen-bond donors (Lipinski definition) is 3. The van der Waals surface area contributed by atoms with Crippen LogP contribution in [0.25, 0.3) is 21.5 Å². The van der Waals surface area contributed by atoms with Crippen molar-refractivity contribution >= 4 is 21.5 Å². The minimum Gasteiger partial charge on any atom is -0.508 e. The molecule has 0 heterocycles. The van der Waals surface area contributed by atoms with E-state index in [1.54, 1.807) is 25.1 Å². The summed E-state index contributed by atoms with van der Waals surface area (Å²) in [7, 11) is 0. The number of phenols is 2. The molecule has 0 amide bonds. The van der Waals surface area contributed by atoms with Crippen molar-refractivity contribution in [2.24, 2.45) is 0 Å². The van der Waals surface area contributed by atoms with Crippen molar-refractivity contribution in [1.82, 2.24) is 0 Å². The summed E-state index contributed by atoms with van der Waals surface area (Å²) in [6.07, 6.45) is -0.677. The zero-order valence-electron chi connectivity index (χ0n) is 11.4. The van der Waals surface area contributed by atoms with Crippen LogP contribution in [0.1, 0.15) is 24.2 Å². The van der Waals surface area contributed by atoms with Gasteiger partial charge in [0.25, 0.3) is 0 Å². The van der Waals surface area contributed by atoms with E-state index in [2.05, 4.69) is 0 Å². The van der Waals surface area contributed by atoms with E-state index in [1.807, 2.05) is 25.1 Å². The maximum atomic E-state index is 9.97. The molecule has 0 aromatic heterocycles. The Labute approximate surface area is 116 Å². The summed E-state index contributed by atoms with van der Waals surface area (Å²) < 4.78 is 0. The SMILES string of the molecule is Cc1c(O)ccc2c1ccc1cc(O)cc(C(C)O)c12. The molecule has 0 aliphatic carbocycles. The number of hydrogen-bond acceptors (Lipinski definition) is 3. The Kier molecular flexibility index (Phi) is 2.80. The molecule has 3 N–H and O–H groups in total. The molecular formula is C17H16O3. The molecule has 0 aliphatic heterocycles. The number of aryl methyl sites for hydroxylation is 1. The minimum atomic E-state index is -0.677. The van der Waals surface area contributed by atoms with E-state index in [0.717, 1.165) is 27.1 Å². The highest BCUT2D eigenvalue weighted by atomic mass is 16.3. The van der Waals surface area contributed by atoms with Crippen molar-refractivity contribution in [2.75, 3.05) is 0 Å². The second kappa shape index (κ2) is 4.39. The maximum absolute atomic E-state index is 9.97. The van der Waals surface area contributed by atoms with Crippen LogP contribution in [0, 0.1) is 6.92 Å². The summed E-state index contributed by atoms with van der Waals surface area (Å²) in [5.74, 6) is 0.400. The summed E-state index contributed by atoms with van der Waals surface area (Å²) in [6, 6.07) is 10.6. The molecule has 3 nitrogen and oxygen atoms in total. The fraction of sp³-hybridized carbons (Fsp3) is 0.176. The normalized spacial score (nSPS) is 12.9. The van der Waals surface area contributed by atoms with E-state index in [4.69, 9.17) is 0 Å². The monoisotopic (exact) mass is 268 g/mol. The van der Waals surface area contributed by atoms with Crippen LogP contribution in [0.3, 0.4) is 0 Å². The molecule has 1 unspecified atom stereocenters. The predicted octanol–water partition coefficient (Wildman–Crippen LogP) is 3.77. The van der Waals surface area contributed by atoms with Gasteiger partial charge >= 0.3 is 0 Å². The van der Waals surface area contributed by atoms with Gasteiger partial charge in [-0.25, -0.2) is 0 Å². The number of aliphatic hydroxyl groups is 1. The fourth-order valence-electron chi connectivity index (χ4n) is 2.77. The van der Waals surface area contributed by atoms with Gasteiger partial charge in [-0.05, 0) is 64.7 Å². The third kappa shape index (κ3) is 1.79. The van der Waals surface area contributed by atoms with Crippen LogP contribution < -0.4 is 0 Å². The van der Waals surface area contributed by atoms with Crippen LogP contribution in [0.15, 0.2) is 36.4 Å². The highest BCUT2D eigenvalue weighted by molar-refractivity contribution is 6.11. The lowest BCUT2D eigenvalue weighted by atomic mass is 9.93. The lowest BCUT2D eigenvalue weighted by molar-refractivity contribution is 0.200. The first-order valence-corrected chi connectivity index (χ1v) is 6.55. The average Bonchev–Trinajstić information content (AvgIpc) is 2.41. The Morgan fingerprint density at radius 2 is 1.65 bits per heavy atom. The van der Waals surface area contributed by atoms with Gasteiger partial charge in [-0.1, -0.05) is 18.2 Å². The molecule has 3 rings (SSSR count). The Hall–Kier alpha value is -2.26. The first-order valence-electron chi connectivity index (χ1n) is 6.55. The predicted molar refractivity (Wildman–Crippen MR) is 80.2 cm³/mol. The van der Waals surface area contributed by atoms with E-state index in [0.29, 0.717) is 5.56 Å². The molecule has 0 saturated heterocycles. The van der Waals surface area contributed by atoms with Crippen LogP contribution in [-0.4, -0.2) is 15.3 Å². The number of phenolic OH excluding ortho intramolecular Hbond substituents is 2. The van der Waals surface area contributed by atoms with Crippen molar-refractivity contribution in [3.05, 3.63) is 47.5 Å². The van der Waals surface area contributed by atoms with Gasteiger partial charge in [0.2, 0.25) is 0 Å². The van der Waals surface area contributed by atoms with Crippen LogP contribution in [0.2, 0.25) is 0 Å². The lowest BCUT2D eigenvalue weighted by Crippen LogP contribution is -1.94. The number of rotatable bonds is 1. The van der Waals surface area contributed by atoms with E-state index in [1.165, 1.54) is 0 Å². The average molecular weight is 268 g/mol. The fourth-order valence-corrected chi connectivity index (χ4v) is 2.77. The van der Waals surface area contributed by atoms with Crippen LogP contribution >= 0.6 is 0 Å². The first kappa shape index (κ1) is 12.8. The third-order valence-electron chi connectivity index (χ3n) is 3.82. The zero-order chi connectivity index (χ0) is 14.4. The molecule has 0 bridgehead atoms. The molecule has 3 aromatic carbocycles. The topological polar surface area (TPSA) is 60.7 Å². The molecule has 20 heavy (non-hydrogen) atoms. The summed E-state index contributed by atoms with van der Waals surface area (Å²) in [6.45, 7) is 3.55. The highest BCUT2D eigenvalue weighted by Crippen LogP contribution is 2.37. The van der Waals surface area contributed by atoms with Crippen LogP contribution in [-0.2, 0) is 0 Å². The van der Waals surface area contributed by atoms with Gasteiger partial charge < -0.3 is 15.3 Å². The summed E-state index contributed by atoms with van der Waals surface area (Å²) >= 11 is 0. The van der Waals surface area contributed by atoms with E-state index in [-0.39, 0.29) is 11.5 Å². The highest BCUT2D eigenvalue weighted by Gasteiger charge is 2.13. The standard InChI is InChI=1S/C17H16O3/c1-9-13-4-3-11-7-12(19)8-15(10(2)18)17(11)14(13)5-6-16(9)20/h3-8,10,18-20H,1-2H3. The van der Waals surface area contributed by atoms with E-state index < -0.39 is 6.10 Å². The Morgan fingerprint density at radius 3 is 2.35 bits per heavy atom. The maximum Gasteiger partial charge on any atom is 0.119 e. The van der Waals surface area contributed by atoms with Gasteiger partial charge in [-0.15, -0.1) is 0 Å². The second-order valence-corrected chi connectivity index (χ2v) is 5.18. The van der Waals surface area contributed by atoms with Gasteiger partial charge in [0.1, 0.15) is 11.5 Å². The molecule has 3 heteroatoms. The number of benzene rings is 3. The van der Waals surface area contributed by atoms with Crippen molar-refractivity contribution in [3.63, 3.8) is 0 Å². The quantitative estimate of drug-likeness (QED) is 0.589. The molecule has 0 spiro atoms. The Bertz CT molecular complexity index is 819. The summed E-state index contributed by atoms with van der Waals surface area (Å²) in [4.78, 5) is 0. The van der Waals surface area contributed by atoms with Gasteiger partial charge in [0, 0.05) is 0 Å². The van der Waals surface area contributed by atoms with Gasteiger partial charge in [0.05, 0.1) is 6.10 Å². The van der Waals surface area contributed by atoms with Crippen molar-refractivity contribution in [2.45, 2.75) is 20.0 Å². The van der Waals surface area contributed by atoms with Crippen molar-refractivity contribution in [1.29, 1.82) is 0 Å². The molecule has 0 aliphatic rings. The molecule has 3 aromatic rings. The van der Waals surface area contributed by atoms with Crippen LogP contribution in [0.5, 0.6) is 11.5 Å². The molecule has 0 radical (unpaired) electrons. The number of aliphatic hydroxyl groups excluding tert-OH is 1.